The first-order valence-electron chi connectivity index (χ1n) is 8.22. The Labute approximate surface area is 137 Å². The lowest BCUT2D eigenvalue weighted by Crippen LogP contribution is -2.46. The highest BCUT2D eigenvalue weighted by Crippen LogP contribution is 2.35. The monoisotopic (exact) mass is 318 g/mol. The van der Waals surface area contributed by atoms with Crippen LogP contribution in [0, 0.1) is 5.92 Å². The standard InChI is InChI=1S/C16H26N6O/c1-20(2)8-7-17-15(23)13-9-12-10-22(11-14(12)21(13)3)16-18-5-4-6-19-16/h4-6,12-14H,7-11H2,1-3H3,(H,17,23)/t12-,13+,14+/m1/s1. The molecule has 0 bridgehead atoms. The fraction of sp³-hybridized carbons (Fsp3) is 0.688. The fourth-order valence-corrected chi connectivity index (χ4v) is 3.66. The number of hydrogen-bond donors (Lipinski definition) is 1. The molecular weight excluding hydrogens is 292 g/mol. The van der Waals surface area contributed by atoms with Crippen molar-refractivity contribution in [1.29, 1.82) is 0 Å². The van der Waals surface area contributed by atoms with E-state index in [1.54, 1.807) is 12.4 Å². The van der Waals surface area contributed by atoms with Crippen LogP contribution in [0.5, 0.6) is 0 Å². The van der Waals surface area contributed by atoms with E-state index in [9.17, 15) is 4.79 Å². The normalized spacial score (nSPS) is 27.5. The number of likely N-dealkylation sites (tertiary alicyclic amines) is 1. The number of fused-ring (bicyclic) bond motifs is 1. The minimum atomic E-state index is -0.00833. The van der Waals surface area contributed by atoms with Crippen molar-refractivity contribution in [3.05, 3.63) is 18.5 Å². The summed E-state index contributed by atoms with van der Waals surface area (Å²) in [4.78, 5) is 27.6. The van der Waals surface area contributed by atoms with Crippen molar-refractivity contribution in [2.45, 2.75) is 18.5 Å². The Morgan fingerprint density at radius 2 is 2.09 bits per heavy atom. The highest BCUT2D eigenvalue weighted by atomic mass is 16.2. The Hall–Kier alpha value is -1.73. The summed E-state index contributed by atoms with van der Waals surface area (Å²) >= 11 is 0. The molecular formula is C16H26N6O. The Kier molecular flexibility index (Phi) is 4.77. The summed E-state index contributed by atoms with van der Waals surface area (Å²) in [5.74, 6) is 1.46. The van der Waals surface area contributed by atoms with Gasteiger partial charge in [0, 0.05) is 44.6 Å². The van der Waals surface area contributed by atoms with Gasteiger partial charge in [-0.1, -0.05) is 0 Å². The van der Waals surface area contributed by atoms with E-state index in [0.717, 1.165) is 32.0 Å². The van der Waals surface area contributed by atoms with Gasteiger partial charge in [-0.15, -0.1) is 0 Å². The van der Waals surface area contributed by atoms with Crippen LogP contribution >= 0.6 is 0 Å². The van der Waals surface area contributed by atoms with E-state index in [0.29, 0.717) is 18.5 Å². The molecule has 0 saturated carbocycles. The molecule has 2 aliphatic heterocycles. The van der Waals surface area contributed by atoms with Gasteiger partial charge in [0.25, 0.3) is 0 Å². The van der Waals surface area contributed by atoms with Gasteiger partial charge in [-0.05, 0) is 39.5 Å². The molecule has 3 heterocycles. The highest BCUT2D eigenvalue weighted by molar-refractivity contribution is 5.82. The van der Waals surface area contributed by atoms with E-state index in [4.69, 9.17) is 0 Å². The molecule has 1 N–H and O–H groups in total. The van der Waals surface area contributed by atoms with Crippen LogP contribution in [0.3, 0.4) is 0 Å². The van der Waals surface area contributed by atoms with Crippen LogP contribution < -0.4 is 10.2 Å². The third-order valence-corrected chi connectivity index (χ3v) is 4.94. The van der Waals surface area contributed by atoms with Gasteiger partial charge in [-0.3, -0.25) is 9.69 Å². The maximum atomic E-state index is 12.4. The van der Waals surface area contributed by atoms with Crippen LogP contribution in [0.2, 0.25) is 0 Å². The summed E-state index contributed by atoms with van der Waals surface area (Å²) in [5.41, 5.74) is 0. The van der Waals surface area contributed by atoms with Crippen LogP contribution in [0.4, 0.5) is 5.95 Å². The Morgan fingerprint density at radius 3 is 2.74 bits per heavy atom. The predicted molar refractivity (Wildman–Crippen MR) is 89.3 cm³/mol. The summed E-state index contributed by atoms with van der Waals surface area (Å²) in [6.07, 6.45) is 4.47. The first kappa shape index (κ1) is 16.1. The molecule has 7 nitrogen and oxygen atoms in total. The summed E-state index contributed by atoms with van der Waals surface area (Å²) < 4.78 is 0. The summed E-state index contributed by atoms with van der Waals surface area (Å²) in [5, 5.41) is 3.06. The van der Waals surface area contributed by atoms with Gasteiger partial charge in [-0.25, -0.2) is 9.97 Å². The predicted octanol–water partition coefficient (Wildman–Crippen LogP) is -0.337. The van der Waals surface area contributed by atoms with Crippen molar-refractivity contribution in [3.8, 4) is 0 Å². The Morgan fingerprint density at radius 1 is 1.35 bits per heavy atom. The summed E-state index contributed by atoms with van der Waals surface area (Å²) in [6, 6.07) is 2.23. The fourth-order valence-electron chi connectivity index (χ4n) is 3.66. The van der Waals surface area contributed by atoms with Crippen molar-refractivity contribution in [2.75, 3.05) is 52.2 Å². The van der Waals surface area contributed by atoms with E-state index in [-0.39, 0.29) is 11.9 Å². The largest absolute Gasteiger partial charge is 0.353 e. The smallest absolute Gasteiger partial charge is 0.237 e. The molecule has 2 saturated heterocycles. The Bertz CT molecular complexity index is 537. The van der Waals surface area contributed by atoms with Gasteiger partial charge in [0.05, 0.1) is 6.04 Å². The molecule has 0 aromatic carbocycles. The van der Waals surface area contributed by atoms with E-state index in [1.165, 1.54) is 0 Å². The van der Waals surface area contributed by atoms with Crippen molar-refractivity contribution in [1.82, 2.24) is 25.1 Å². The first-order valence-corrected chi connectivity index (χ1v) is 8.22. The molecule has 3 rings (SSSR count). The number of nitrogens with one attached hydrogen (secondary N) is 1. The molecule has 2 aliphatic rings. The maximum Gasteiger partial charge on any atom is 0.237 e. The molecule has 1 amide bonds. The SMILES string of the molecule is CN(C)CCNC(=O)[C@@H]1C[C@@H]2CN(c3ncccn3)C[C@@H]2N1C. The number of rotatable bonds is 5. The first-order chi connectivity index (χ1) is 11.1. The lowest BCUT2D eigenvalue weighted by molar-refractivity contribution is -0.125. The van der Waals surface area contributed by atoms with Gasteiger partial charge < -0.3 is 15.1 Å². The highest BCUT2D eigenvalue weighted by Gasteiger charge is 2.47. The molecule has 0 unspecified atom stereocenters. The zero-order chi connectivity index (χ0) is 16.4. The average Bonchev–Trinajstić information content (AvgIpc) is 3.08. The molecule has 2 fully saturated rings. The molecule has 23 heavy (non-hydrogen) atoms. The minimum absolute atomic E-state index is 0.00833. The average molecular weight is 318 g/mol. The van der Waals surface area contributed by atoms with Crippen molar-refractivity contribution in [3.63, 3.8) is 0 Å². The van der Waals surface area contributed by atoms with Gasteiger partial charge >= 0.3 is 0 Å². The third kappa shape index (κ3) is 3.45. The number of amides is 1. The number of carbonyl (C=O) groups is 1. The molecule has 0 spiro atoms. The van der Waals surface area contributed by atoms with E-state index in [1.807, 2.05) is 20.2 Å². The second kappa shape index (κ2) is 6.80. The van der Waals surface area contributed by atoms with Crippen LogP contribution in [-0.4, -0.2) is 85.1 Å². The molecule has 3 atom stereocenters. The van der Waals surface area contributed by atoms with Crippen LogP contribution in [0.25, 0.3) is 0 Å². The second-order valence-electron chi connectivity index (χ2n) is 6.79. The van der Waals surface area contributed by atoms with Gasteiger partial charge in [0.2, 0.25) is 11.9 Å². The number of carbonyl (C=O) groups excluding carboxylic acids is 1. The Balaban J connectivity index is 1.55. The van der Waals surface area contributed by atoms with Gasteiger partial charge in [0.15, 0.2) is 0 Å². The van der Waals surface area contributed by atoms with Crippen molar-refractivity contribution >= 4 is 11.9 Å². The van der Waals surface area contributed by atoms with Crippen molar-refractivity contribution < 1.29 is 4.79 Å². The minimum Gasteiger partial charge on any atom is -0.353 e. The topological polar surface area (TPSA) is 64.6 Å². The molecule has 1 aromatic heterocycles. The second-order valence-corrected chi connectivity index (χ2v) is 6.79. The molecule has 126 valence electrons. The third-order valence-electron chi connectivity index (χ3n) is 4.94. The van der Waals surface area contributed by atoms with Gasteiger partial charge in [0.1, 0.15) is 0 Å². The zero-order valence-corrected chi connectivity index (χ0v) is 14.1. The number of anilines is 1. The molecule has 7 heteroatoms. The quantitative estimate of drug-likeness (QED) is 0.802. The molecule has 0 aliphatic carbocycles. The van der Waals surface area contributed by atoms with Crippen LogP contribution in [0.15, 0.2) is 18.5 Å². The number of nitrogens with zero attached hydrogens (tertiary/aromatic N) is 5. The zero-order valence-electron chi connectivity index (χ0n) is 14.1. The lowest BCUT2D eigenvalue weighted by Gasteiger charge is -2.26. The number of hydrogen-bond acceptors (Lipinski definition) is 6. The van der Waals surface area contributed by atoms with Crippen LogP contribution in [-0.2, 0) is 4.79 Å². The van der Waals surface area contributed by atoms with E-state index in [2.05, 4.69) is 37.0 Å². The van der Waals surface area contributed by atoms with Gasteiger partial charge in [-0.2, -0.15) is 0 Å². The molecule has 1 aromatic rings. The van der Waals surface area contributed by atoms with Crippen LogP contribution in [0.1, 0.15) is 6.42 Å². The number of aromatic nitrogens is 2. The number of likely N-dealkylation sites (N-methyl/N-ethyl adjacent to an activating group) is 2. The maximum absolute atomic E-state index is 12.4. The summed E-state index contributed by atoms with van der Waals surface area (Å²) in [6.45, 7) is 3.40. The molecule has 0 radical (unpaired) electrons. The lowest BCUT2D eigenvalue weighted by atomic mass is 10.0. The van der Waals surface area contributed by atoms with E-state index >= 15 is 0 Å². The van der Waals surface area contributed by atoms with Crippen molar-refractivity contribution in [2.24, 2.45) is 5.92 Å². The van der Waals surface area contributed by atoms with E-state index < -0.39 is 0 Å². The summed E-state index contributed by atoms with van der Waals surface area (Å²) in [7, 11) is 6.09.